The Morgan fingerprint density at radius 1 is 0.673 bits per heavy atom. The Hall–Kier alpha value is -0.820. The van der Waals surface area contributed by atoms with Crippen molar-refractivity contribution in [1.29, 1.82) is 0 Å². The largest absolute Gasteiger partial charge is 0.393 e. The quantitative estimate of drug-likeness (QED) is 0.215. The summed E-state index contributed by atoms with van der Waals surface area (Å²) >= 11 is 0. The van der Waals surface area contributed by atoms with Gasteiger partial charge >= 0.3 is 0 Å². The molecule has 4 unspecified atom stereocenters. The molecule has 0 aromatic rings. The van der Waals surface area contributed by atoms with Crippen molar-refractivity contribution < 1.29 is 19.7 Å². The Labute approximate surface area is 303 Å². The fourth-order valence-electron chi connectivity index (χ4n) is 9.37. The summed E-state index contributed by atoms with van der Waals surface area (Å²) in [5, 5.41) is 19.5. The highest BCUT2D eigenvalue weighted by Gasteiger charge is 2.46. The number of aliphatic hydroxyl groups is 2. The molecule has 7 fully saturated rings. The zero-order chi connectivity index (χ0) is 34.1. The smallest absolute Gasteiger partial charge is 0.160 e. The summed E-state index contributed by atoms with van der Waals surface area (Å²) in [6.07, 6.45) is 40.1. The van der Waals surface area contributed by atoms with Gasteiger partial charge in [0.25, 0.3) is 0 Å². The minimum absolute atomic E-state index is 0. The number of aliphatic hydroxyl groups excluding tert-OH is 2. The van der Waals surface area contributed by atoms with Crippen molar-refractivity contribution in [3.8, 4) is 0 Å². The van der Waals surface area contributed by atoms with Gasteiger partial charge in [0.05, 0.1) is 24.9 Å². The van der Waals surface area contributed by atoms with E-state index in [-0.39, 0.29) is 30.5 Å². The molecule has 2 aliphatic heterocycles. The molecule has 6 nitrogen and oxygen atoms in total. The molecule has 4 atom stereocenters. The molecule has 7 aliphatic rings. The molecule has 0 bridgehead atoms. The molecule has 6 heteroatoms. The maximum Gasteiger partial charge on any atom is 0.160 e. The van der Waals surface area contributed by atoms with Crippen LogP contribution in [0.15, 0.2) is 9.98 Å². The second-order valence-electron chi connectivity index (χ2n) is 17.1. The van der Waals surface area contributed by atoms with Crippen LogP contribution >= 0.6 is 0 Å². The average Bonchev–Trinajstić information content (AvgIpc) is 3.85. The van der Waals surface area contributed by atoms with Gasteiger partial charge in [0, 0.05) is 35.3 Å². The van der Waals surface area contributed by atoms with Crippen LogP contribution in [-0.4, -0.2) is 65.9 Å². The van der Waals surface area contributed by atoms with Crippen LogP contribution in [0.1, 0.15) is 202 Å². The molecule has 49 heavy (non-hydrogen) atoms. The van der Waals surface area contributed by atoms with Gasteiger partial charge < -0.3 is 19.7 Å². The average molecular weight is 689 g/mol. The molecular formula is C43H80N2O4. The third kappa shape index (κ3) is 16.2. The third-order valence-corrected chi connectivity index (χ3v) is 12.3. The van der Waals surface area contributed by atoms with Gasteiger partial charge in [-0.25, -0.2) is 0 Å². The summed E-state index contributed by atoms with van der Waals surface area (Å²) < 4.78 is 10.1. The lowest BCUT2D eigenvalue weighted by Crippen LogP contribution is -2.32. The van der Waals surface area contributed by atoms with Crippen molar-refractivity contribution in [3.63, 3.8) is 0 Å². The first-order valence-corrected chi connectivity index (χ1v) is 21.0. The summed E-state index contributed by atoms with van der Waals surface area (Å²) in [5.41, 5.74) is 0.349. The van der Waals surface area contributed by atoms with E-state index in [4.69, 9.17) is 19.5 Å². The van der Waals surface area contributed by atoms with Crippen LogP contribution in [0.25, 0.3) is 0 Å². The molecule has 0 aromatic heterocycles. The minimum Gasteiger partial charge on any atom is -0.393 e. The fourth-order valence-corrected chi connectivity index (χ4v) is 9.37. The van der Waals surface area contributed by atoms with Gasteiger partial charge in [0.1, 0.15) is 0 Å². The normalized spacial score (nSPS) is 31.0. The van der Waals surface area contributed by atoms with Crippen LogP contribution in [0.4, 0.5) is 0 Å². The Balaban J connectivity index is 0.000000189. The second kappa shape index (κ2) is 23.0. The molecular weight excluding hydrogens is 608 g/mol. The van der Waals surface area contributed by atoms with Crippen molar-refractivity contribution in [1.82, 2.24) is 0 Å². The van der Waals surface area contributed by atoms with Gasteiger partial charge in [-0.15, -0.1) is 0 Å². The number of hydrogen-bond donors (Lipinski definition) is 2. The highest BCUT2D eigenvalue weighted by molar-refractivity contribution is 5.66. The monoisotopic (exact) mass is 689 g/mol. The first kappa shape index (κ1) is 42.6. The fraction of sp³-hybridized carbons (Fsp3) is 0.953. The molecule has 2 saturated heterocycles. The molecule has 5 saturated carbocycles. The highest BCUT2D eigenvalue weighted by atomic mass is 16.6. The Morgan fingerprint density at radius 2 is 1.12 bits per heavy atom. The first-order valence-electron chi connectivity index (χ1n) is 21.0. The van der Waals surface area contributed by atoms with Gasteiger partial charge in [0.2, 0.25) is 0 Å². The van der Waals surface area contributed by atoms with Crippen LogP contribution in [0, 0.1) is 16.7 Å². The Bertz CT molecular complexity index is 868. The Morgan fingerprint density at radius 3 is 1.57 bits per heavy atom. The van der Waals surface area contributed by atoms with Crippen molar-refractivity contribution in [2.75, 3.05) is 6.61 Å². The van der Waals surface area contributed by atoms with Crippen molar-refractivity contribution in [2.24, 2.45) is 26.7 Å². The molecule has 2 N–H and O–H groups in total. The summed E-state index contributed by atoms with van der Waals surface area (Å²) in [4.78, 5) is 9.68. The molecule has 286 valence electrons. The van der Waals surface area contributed by atoms with E-state index in [1.54, 1.807) is 0 Å². The van der Waals surface area contributed by atoms with Crippen LogP contribution in [0.3, 0.4) is 0 Å². The zero-order valence-electron chi connectivity index (χ0n) is 31.6. The number of ether oxygens (including phenoxy) is 2. The third-order valence-electron chi connectivity index (χ3n) is 12.3. The van der Waals surface area contributed by atoms with E-state index in [0.717, 1.165) is 25.4 Å². The number of hydrogen-bond acceptors (Lipinski definition) is 6. The van der Waals surface area contributed by atoms with Crippen molar-refractivity contribution in [3.05, 3.63) is 0 Å². The maximum atomic E-state index is 9.75. The van der Waals surface area contributed by atoms with Crippen molar-refractivity contribution in [2.45, 2.75) is 238 Å². The summed E-state index contributed by atoms with van der Waals surface area (Å²) in [5.74, 6) is 0.825. The Kier molecular flexibility index (Phi) is 20.0. The highest BCUT2D eigenvalue weighted by Crippen LogP contribution is 2.48. The van der Waals surface area contributed by atoms with E-state index in [1.807, 2.05) is 6.92 Å². The van der Waals surface area contributed by atoms with Crippen LogP contribution in [0.5, 0.6) is 0 Å². The summed E-state index contributed by atoms with van der Waals surface area (Å²) in [7, 11) is 0. The lowest BCUT2D eigenvalue weighted by molar-refractivity contribution is -0.140. The van der Waals surface area contributed by atoms with Crippen LogP contribution in [0.2, 0.25) is 0 Å². The topological polar surface area (TPSA) is 86.9 Å². The molecule has 0 amide bonds. The van der Waals surface area contributed by atoms with Crippen LogP contribution < -0.4 is 0 Å². The maximum absolute atomic E-state index is 9.75. The number of epoxide rings is 1. The lowest BCUT2D eigenvalue weighted by atomic mass is 9.71. The van der Waals surface area contributed by atoms with Gasteiger partial charge in [-0.1, -0.05) is 104 Å². The van der Waals surface area contributed by atoms with E-state index < -0.39 is 6.29 Å². The number of nitrogens with zero attached hydrogens (tertiary/aromatic N) is 2. The van der Waals surface area contributed by atoms with E-state index >= 15 is 0 Å². The second-order valence-corrected chi connectivity index (χ2v) is 17.1. The molecule has 0 aromatic carbocycles. The first-order chi connectivity index (χ1) is 23.3. The molecule has 5 aliphatic carbocycles. The predicted octanol–water partition coefficient (Wildman–Crippen LogP) is 11.2. The van der Waals surface area contributed by atoms with E-state index in [9.17, 15) is 10.2 Å². The molecule has 1 spiro atoms. The molecule has 0 radical (unpaired) electrons. The van der Waals surface area contributed by atoms with E-state index in [2.05, 4.69) is 26.3 Å². The van der Waals surface area contributed by atoms with E-state index in [0.29, 0.717) is 18.2 Å². The number of rotatable bonds is 6. The standard InChI is InChI=1S/C16H29NO.C13H23N.C10H18O2.C3H6O.CH4/c1-14(18)12-16(10-6-3-7-11-16)13-17-15-8-4-2-5-9-15;1-3-7-12(8-4-1)11-14-13-9-5-2-6-10-13;1-8-7-10(9(11)12-8)5-3-2-4-6-10;1-3-2-4-3;/h13-15,18H,2-12H2,1H3;11-13H,1-10H2;8-9,11H,2-7H2,1H3;3H,2H2,1H3;1H4. The summed E-state index contributed by atoms with van der Waals surface area (Å²) in [6.45, 7) is 7.03. The summed E-state index contributed by atoms with van der Waals surface area (Å²) in [6, 6.07) is 1.26. The number of aliphatic imine (C=N–C) groups is 2. The van der Waals surface area contributed by atoms with E-state index in [1.165, 1.54) is 161 Å². The van der Waals surface area contributed by atoms with Gasteiger partial charge in [-0.05, 0) is 104 Å². The zero-order valence-corrected chi connectivity index (χ0v) is 31.6. The van der Waals surface area contributed by atoms with Gasteiger partial charge in [-0.3, -0.25) is 9.98 Å². The minimum atomic E-state index is -0.479. The molecule has 2 heterocycles. The SMILES string of the molecule is C.C(=NC1CCCCC1)C1CCCCC1.CC(O)CC1(C=NC2CCCCC2)CCCCC1.CC1CC2(CCCCC2)C(O)O1.CC1CO1. The molecule has 7 rings (SSSR count). The van der Waals surface area contributed by atoms with Gasteiger partial charge in [0.15, 0.2) is 6.29 Å². The van der Waals surface area contributed by atoms with Crippen LogP contribution in [-0.2, 0) is 9.47 Å². The lowest BCUT2D eigenvalue weighted by Gasteiger charge is -2.35. The van der Waals surface area contributed by atoms with Gasteiger partial charge in [-0.2, -0.15) is 0 Å². The predicted molar refractivity (Wildman–Crippen MR) is 208 cm³/mol. The van der Waals surface area contributed by atoms with Crippen molar-refractivity contribution >= 4 is 12.4 Å².